The molecule has 1 heterocycles. The van der Waals surface area contributed by atoms with E-state index in [9.17, 15) is 0 Å². The van der Waals surface area contributed by atoms with Crippen molar-refractivity contribution >= 4 is 25.2 Å². The molecule has 0 nitrogen and oxygen atoms in total. The summed E-state index contributed by atoms with van der Waals surface area (Å²) < 4.78 is 0. The van der Waals surface area contributed by atoms with Gasteiger partial charge in [-0.3, -0.25) is 0 Å². The third-order valence-corrected chi connectivity index (χ3v) is 2.25. The second kappa shape index (κ2) is 2.38. The van der Waals surface area contributed by atoms with Crippen LogP contribution in [0.15, 0.2) is 0 Å². The van der Waals surface area contributed by atoms with Gasteiger partial charge in [-0.25, -0.2) is 11.6 Å². The molecule has 1 saturated heterocycles. The van der Waals surface area contributed by atoms with Crippen LogP contribution in [0.4, 0.5) is 0 Å². The summed E-state index contributed by atoms with van der Waals surface area (Å²) in [5.41, 5.74) is 0. The normalized spacial score (nSPS) is 25.8. The molecule has 0 atom stereocenters. The maximum Gasteiger partial charge on any atom is 0.146 e. The van der Waals surface area contributed by atoms with Crippen LogP contribution in [0.3, 0.4) is 0 Å². The SMILES string of the molecule is CC1(C)[B][B]SCC1. The summed E-state index contributed by atoms with van der Waals surface area (Å²) >= 11 is 1.92. The van der Waals surface area contributed by atoms with Crippen molar-refractivity contribution in [2.45, 2.75) is 25.6 Å². The van der Waals surface area contributed by atoms with Crippen LogP contribution in [0.5, 0.6) is 0 Å². The highest BCUT2D eigenvalue weighted by molar-refractivity contribution is 8.26. The minimum absolute atomic E-state index is 0.477. The van der Waals surface area contributed by atoms with Crippen molar-refractivity contribution in [1.29, 1.82) is 0 Å². The van der Waals surface area contributed by atoms with E-state index in [4.69, 9.17) is 0 Å². The number of hydrogen-bond acceptors (Lipinski definition) is 1. The highest BCUT2D eigenvalue weighted by atomic mass is 32.2. The average molecular weight is 124 g/mol. The Labute approximate surface area is 57.2 Å². The molecule has 1 aliphatic rings. The first-order valence-corrected chi connectivity index (χ1v) is 4.05. The van der Waals surface area contributed by atoms with E-state index < -0.39 is 0 Å². The van der Waals surface area contributed by atoms with Gasteiger partial charge >= 0.3 is 0 Å². The highest BCUT2D eigenvalue weighted by Crippen LogP contribution is 2.32. The van der Waals surface area contributed by atoms with Crippen LogP contribution < -0.4 is 0 Å². The van der Waals surface area contributed by atoms with Gasteiger partial charge in [0, 0.05) is 0 Å². The summed E-state index contributed by atoms with van der Waals surface area (Å²) in [5.74, 6) is 1.30. The second-order valence-corrected chi connectivity index (χ2v) is 3.93. The summed E-state index contributed by atoms with van der Waals surface area (Å²) in [6.07, 6.45) is 3.54. The molecule has 2 radical (unpaired) electrons. The monoisotopic (exact) mass is 124 g/mol. The van der Waals surface area contributed by atoms with Crippen LogP contribution in [0, 0.1) is 0 Å². The Bertz CT molecular complexity index is 74.5. The molecule has 42 valence electrons. The summed E-state index contributed by atoms with van der Waals surface area (Å²) in [5, 5.41) is 0.477. The molecule has 3 heteroatoms. The van der Waals surface area contributed by atoms with Gasteiger partial charge in [0.2, 0.25) is 0 Å². The van der Waals surface area contributed by atoms with E-state index in [1.165, 1.54) is 12.2 Å². The molecule has 1 aliphatic heterocycles. The van der Waals surface area contributed by atoms with Crippen LogP contribution in [0.1, 0.15) is 20.3 Å². The van der Waals surface area contributed by atoms with Gasteiger partial charge < -0.3 is 0 Å². The largest absolute Gasteiger partial charge is 0.229 e. The lowest BCUT2D eigenvalue weighted by Gasteiger charge is -2.27. The van der Waals surface area contributed by atoms with Gasteiger partial charge in [-0.1, -0.05) is 19.2 Å². The topological polar surface area (TPSA) is 0 Å². The minimum Gasteiger partial charge on any atom is -0.229 e. The van der Waals surface area contributed by atoms with Crippen LogP contribution in [-0.4, -0.2) is 19.4 Å². The fourth-order valence-corrected chi connectivity index (χ4v) is 1.95. The lowest BCUT2D eigenvalue weighted by Crippen LogP contribution is -2.23. The van der Waals surface area contributed by atoms with Crippen LogP contribution in [0.25, 0.3) is 0 Å². The van der Waals surface area contributed by atoms with Gasteiger partial charge in [-0.05, 0) is 12.2 Å². The molecule has 1 fully saturated rings. The molecule has 0 spiro atoms. The Hall–Kier alpha value is 0.480. The molecule has 0 aromatic heterocycles. The molecule has 0 amide bonds. The molecule has 0 aromatic carbocycles. The zero-order valence-corrected chi connectivity index (χ0v) is 6.29. The van der Waals surface area contributed by atoms with E-state index in [-0.39, 0.29) is 0 Å². The molecule has 0 aromatic rings. The van der Waals surface area contributed by atoms with Gasteiger partial charge in [0.1, 0.15) is 6.45 Å². The quantitative estimate of drug-likeness (QED) is 0.441. The molecule has 1 rings (SSSR count). The Morgan fingerprint density at radius 2 is 2.25 bits per heavy atom. The van der Waals surface area contributed by atoms with Gasteiger partial charge in [-0.15, -0.1) is 0 Å². The van der Waals surface area contributed by atoms with Crippen LogP contribution in [-0.2, 0) is 0 Å². The van der Waals surface area contributed by atoms with Gasteiger partial charge in [0.05, 0.1) is 7.17 Å². The van der Waals surface area contributed by atoms with Crippen molar-refractivity contribution in [1.82, 2.24) is 0 Å². The van der Waals surface area contributed by atoms with Crippen molar-refractivity contribution in [2.24, 2.45) is 0 Å². The van der Waals surface area contributed by atoms with Crippen molar-refractivity contribution in [3.8, 4) is 0 Å². The fourth-order valence-electron chi connectivity index (χ4n) is 0.706. The van der Waals surface area contributed by atoms with Crippen molar-refractivity contribution in [3.63, 3.8) is 0 Å². The van der Waals surface area contributed by atoms with Gasteiger partial charge in [-0.2, -0.15) is 0 Å². The third-order valence-electron chi connectivity index (χ3n) is 1.48. The summed E-state index contributed by atoms with van der Waals surface area (Å²) in [6.45, 7) is 4.56. The van der Waals surface area contributed by atoms with Crippen molar-refractivity contribution < 1.29 is 0 Å². The Morgan fingerprint density at radius 3 is 2.50 bits per heavy atom. The Kier molecular flexibility index (Phi) is 1.97. The summed E-state index contributed by atoms with van der Waals surface area (Å²) in [6, 6.07) is 0. The molecule has 0 aliphatic carbocycles. The molecule has 8 heavy (non-hydrogen) atoms. The third kappa shape index (κ3) is 1.77. The summed E-state index contributed by atoms with van der Waals surface area (Å²) in [7, 11) is 2.29. The zero-order valence-electron chi connectivity index (χ0n) is 5.48. The number of rotatable bonds is 0. The van der Waals surface area contributed by atoms with E-state index in [2.05, 4.69) is 27.5 Å². The van der Waals surface area contributed by atoms with E-state index in [1.54, 1.807) is 0 Å². The maximum atomic E-state index is 2.29. The van der Waals surface area contributed by atoms with E-state index in [0.29, 0.717) is 5.31 Å². The maximum absolute atomic E-state index is 2.29. The Morgan fingerprint density at radius 1 is 1.50 bits per heavy atom. The first-order chi connectivity index (χ1) is 3.71. The van der Waals surface area contributed by atoms with E-state index >= 15 is 0 Å². The van der Waals surface area contributed by atoms with Gasteiger partial charge in [0.15, 0.2) is 0 Å². The van der Waals surface area contributed by atoms with Crippen LogP contribution in [0.2, 0.25) is 5.31 Å². The molecular weight excluding hydrogens is 114 g/mol. The fraction of sp³-hybridized carbons (Fsp3) is 1.00. The zero-order chi connectivity index (χ0) is 6.04. The smallest absolute Gasteiger partial charge is 0.146 e. The molecule has 0 N–H and O–H groups in total. The average Bonchev–Trinajstić information content (AvgIpc) is 1.65. The summed E-state index contributed by atoms with van der Waals surface area (Å²) in [4.78, 5) is 0. The highest BCUT2D eigenvalue weighted by Gasteiger charge is 2.21. The first kappa shape index (κ1) is 6.60. The minimum atomic E-state index is 0.477. The first-order valence-electron chi connectivity index (χ1n) is 3.00. The number of hydrogen-bond donors (Lipinski definition) is 0. The predicted octanol–water partition coefficient (Wildman–Crippen LogP) is 1.56. The standard InChI is InChI=1S/C5H10B2S/c1-5(2)3-4-8-7-6-5/h3-4H2,1-2H3. The lowest BCUT2D eigenvalue weighted by molar-refractivity contribution is 0.655. The van der Waals surface area contributed by atoms with Crippen LogP contribution >= 0.6 is 11.6 Å². The second-order valence-electron chi connectivity index (χ2n) is 2.91. The lowest BCUT2D eigenvalue weighted by atomic mass is 9.38. The van der Waals surface area contributed by atoms with Gasteiger partial charge in [0.25, 0.3) is 0 Å². The van der Waals surface area contributed by atoms with Crippen molar-refractivity contribution in [2.75, 3.05) is 5.75 Å². The van der Waals surface area contributed by atoms with E-state index in [0.717, 1.165) is 0 Å². The molecule has 0 saturated carbocycles. The van der Waals surface area contributed by atoms with E-state index in [1.807, 2.05) is 11.6 Å². The molecular formula is C5H10B2S. The van der Waals surface area contributed by atoms with Crippen molar-refractivity contribution in [3.05, 3.63) is 0 Å². The predicted molar refractivity (Wildman–Crippen MR) is 42.6 cm³/mol. The Balaban J connectivity index is 2.33. The molecule has 0 bridgehead atoms. The molecule has 0 unspecified atom stereocenters.